The topological polar surface area (TPSA) is 139 Å². The predicted octanol–water partition coefficient (Wildman–Crippen LogP) is 0.985. The second-order valence-corrected chi connectivity index (χ2v) is 11.4. The number of imidazole rings is 1. The molecular weight excluding hydrogens is 510 g/mol. The van der Waals surface area contributed by atoms with Crippen LogP contribution in [0.4, 0.5) is 0 Å². The van der Waals surface area contributed by atoms with Gasteiger partial charge in [0.05, 0.1) is 23.5 Å². The molecule has 2 aromatic rings. The minimum absolute atomic E-state index is 0.00309. The number of carbonyl (C=O) groups excluding carboxylic acids is 4. The number of piperazine rings is 1. The lowest BCUT2D eigenvalue weighted by Crippen LogP contribution is -2.47. The van der Waals surface area contributed by atoms with Crippen LogP contribution in [0, 0.1) is 0 Å². The van der Waals surface area contributed by atoms with Crippen molar-refractivity contribution < 1.29 is 27.6 Å². The number of hydrogen-bond donors (Lipinski definition) is 1. The molecule has 0 spiro atoms. The van der Waals surface area contributed by atoms with Crippen LogP contribution in [-0.4, -0.2) is 89.7 Å². The maximum atomic E-state index is 13.2. The predicted molar refractivity (Wildman–Crippen MR) is 140 cm³/mol. The summed E-state index contributed by atoms with van der Waals surface area (Å²) in [6.45, 7) is 3.78. The van der Waals surface area contributed by atoms with Crippen molar-refractivity contribution in [2.75, 3.05) is 33.2 Å². The molecule has 0 saturated carbocycles. The number of likely N-dealkylation sites (N-methyl/N-ethyl adjacent to an activating group) is 1. The first-order chi connectivity index (χ1) is 18.0. The van der Waals surface area contributed by atoms with E-state index in [2.05, 4.69) is 15.2 Å². The maximum Gasteiger partial charge on any atom is 0.270 e. The average Bonchev–Trinajstić information content (AvgIpc) is 3.33. The van der Waals surface area contributed by atoms with Gasteiger partial charge in [0.1, 0.15) is 5.69 Å². The number of ketones is 3. The lowest BCUT2D eigenvalue weighted by atomic mass is 9.98. The Morgan fingerprint density at radius 2 is 1.66 bits per heavy atom. The zero-order valence-electron chi connectivity index (χ0n) is 22.1. The van der Waals surface area contributed by atoms with Gasteiger partial charge in [0.25, 0.3) is 5.91 Å². The molecule has 1 aromatic carbocycles. The van der Waals surface area contributed by atoms with Crippen molar-refractivity contribution in [3.8, 4) is 0 Å². The molecule has 0 unspecified atom stereocenters. The van der Waals surface area contributed by atoms with Gasteiger partial charge in [0, 0.05) is 52.5 Å². The summed E-state index contributed by atoms with van der Waals surface area (Å²) in [5.41, 5.74) is 0.878. The van der Waals surface area contributed by atoms with Crippen LogP contribution in [0.25, 0.3) is 0 Å². The Hall–Kier alpha value is -3.22. The molecule has 0 bridgehead atoms. The van der Waals surface area contributed by atoms with E-state index in [-0.39, 0.29) is 48.5 Å². The maximum absolute atomic E-state index is 13.2. The van der Waals surface area contributed by atoms with Crippen molar-refractivity contribution in [3.05, 3.63) is 48.0 Å². The normalized spacial score (nSPS) is 15.7. The SMILES string of the molecule is CCC(=O)C(=O)CCC[C@H](NC(=O)c1cncn1C)C(=O)Cc1ccc(S(=O)(=O)N2CCN(C)CC2)cc1. The Morgan fingerprint density at radius 1 is 1.00 bits per heavy atom. The molecule has 12 heteroatoms. The number of hydrogen-bond acceptors (Lipinski definition) is 8. The third kappa shape index (κ3) is 7.42. The Balaban J connectivity index is 1.68. The number of rotatable bonds is 13. The molecule has 3 rings (SSSR count). The van der Waals surface area contributed by atoms with E-state index in [9.17, 15) is 27.6 Å². The van der Waals surface area contributed by atoms with Gasteiger partial charge in [0.2, 0.25) is 10.0 Å². The van der Waals surface area contributed by atoms with Crippen molar-refractivity contribution in [2.45, 2.75) is 50.0 Å². The van der Waals surface area contributed by atoms with E-state index in [0.717, 1.165) is 0 Å². The van der Waals surface area contributed by atoms with Gasteiger partial charge in [0.15, 0.2) is 17.3 Å². The quantitative estimate of drug-likeness (QED) is 0.368. The van der Waals surface area contributed by atoms with Gasteiger partial charge in [-0.05, 0) is 37.6 Å². The number of aromatic nitrogens is 2. The monoisotopic (exact) mass is 545 g/mol. The highest BCUT2D eigenvalue weighted by atomic mass is 32.2. The fourth-order valence-electron chi connectivity index (χ4n) is 4.21. The van der Waals surface area contributed by atoms with Gasteiger partial charge in [-0.1, -0.05) is 19.1 Å². The zero-order chi connectivity index (χ0) is 27.9. The fourth-order valence-corrected chi connectivity index (χ4v) is 5.63. The van der Waals surface area contributed by atoms with Crippen molar-refractivity contribution in [1.82, 2.24) is 24.1 Å². The summed E-state index contributed by atoms with van der Waals surface area (Å²) in [4.78, 5) is 55.6. The number of sulfonamides is 1. The largest absolute Gasteiger partial charge is 0.341 e. The van der Waals surface area contributed by atoms with Gasteiger partial charge in [-0.15, -0.1) is 0 Å². The van der Waals surface area contributed by atoms with E-state index in [1.54, 1.807) is 26.1 Å². The third-order valence-electron chi connectivity index (χ3n) is 6.67. The number of Topliss-reactive ketones (excluding diaryl/α,β-unsaturated/α-hetero) is 3. The molecule has 1 aromatic heterocycles. The van der Waals surface area contributed by atoms with E-state index in [1.807, 2.05) is 7.05 Å². The molecule has 206 valence electrons. The highest BCUT2D eigenvalue weighted by molar-refractivity contribution is 7.89. The van der Waals surface area contributed by atoms with Crippen molar-refractivity contribution in [3.63, 3.8) is 0 Å². The van der Waals surface area contributed by atoms with Crippen molar-refractivity contribution >= 4 is 33.3 Å². The molecule has 1 aliphatic rings. The first-order valence-electron chi connectivity index (χ1n) is 12.7. The average molecular weight is 546 g/mol. The minimum atomic E-state index is -3.62. The van der Waals surface area contributed by atoms with Gasteiger partial charge in [-0.3, -0.25) is 19.2 Å². The number of nitrogens with zero attached hydrogens (tertiary/aromatic N) is 4. The molecule has 38 heavy (non-hydrogen) atoms. The summed E-state index contributed by atoms with van der Waals surface area (Å²) in [5.74, 6) is -1.72. The van der Waals surface area contributed by atoms with E-state index in [1.165, 1.54) is 33.5 Å². The van der Waals surface area contributed by atoms with E-state index in [4.69, 9.17) is 0 Å². The fraction of sp³-hybridized carbons (Fsp3) is 0.500. The van der Waals surface area contributed by atoms with Crippen LogP contribution in [-0.2, 0) is 37.9 Å². The summed E-state index contributed by atoms with van der Waals surface area (Å²) in [6, 6.07) is 5.30. The van der Waals surface area contributed by atoms with E-state index >= 15 is 0 Å². The molecule has 1 fully saturated rings. The summed E-state index contributed by atoms with van der Waals surface area (Å²) >= 11 is 0. The summed E-state index contributed by atoms with van der Waals surface area (Å²) in [6.07, 6.45) is 3.39. The highest BCUT2D eigenvalue weighted by Crippen LogP contribution is 2.19. The van der Waals surface area contributed by atoms with Crippen LogP contribution in [0.1, 0.15) is 48.7 Å². The molecule has 1 saturated heterocycles. The summed E-state index contributed by atoms with van der Waals surface area (Å²) < 4.78 is 28.9. The van der Waals surface area contributed by atoms with E-state index < -0.39 is 33.5 Å². The van der Waals surface area contributed by atoms with Crippen LogP contribution >= 0.6 is 0 Å². The van der Waals surface area contributed by atoms with Crippen LogP contribution in [0.2, 0.25) is 0 Å². The Kier molecular flexibility index (Phi) is 10.1. The molecule has 0 aliphatic carbocycles. The molecule has 1 amide bonds. The molecule has 2 heterocycles. The summed E-state index contributed by atoms with van der Waals surface area (Å²) in [5, 5.41) is 2.73. The molecular formula is C26H35N5O6S. The Bertz CT molecular complexity index is 1260. The van der Waals surface area contributed by atoms with Crippen LogP contribution in [0.15, 0.2) is 41.7 Å². The molecule has 0 radical (unpaired) electrons. The summed E-state index contributed by atoms with van der Waals surface area (Å²) in [7, 11) is -0.0171. The number of benzene rings is 1. The zero-order valence-corrected chi connectivity index (χ0v) is 22.9. The van der Waals surface area contributed by atoms with Crippen molar-refractivity contribution in [2.24, 2.45) is 7.05 Å². The number of amides is 1. The second-order valence-electron chi connectivity index (χ2n) is 9.50. The van der Waals surface area contributed by atoms with E-state index in [0.29, 0.717) is 31.7 Å². The smallest absolute Gasteiger partial charge is 0.270 e. The lowest BCUT2D eigenvalue weighted by Gasteiger charge is -2.31. The number of nitrogens with one attached hydrogen (secondary N) is 1. The highest BCUT2D eigenvalue weighted by Gasteiger charge is 2.28. The Labute approximate surface area is 223 Å². The first-order valence-corrected chi connectivity index (χ1v) is 14.1. The number of aryl methyl sites for hydroxylation is 1. The molecule has 1 aliphatic heterocycles. The molecule has 1 N–H and O–H groups in total. The minimum Gasteiger partial charge on any atom is -0.341 e. The molecule has 1 atom stereocenters. The number of carbonyl (C=O) groups is 4. The Morgan fingerprint density at radius 3 is 2.24 bits per heavy atom. The van der Waals surface area contributed by atoms with Crippen LogP contribution in [0.5, 0.6) is 0 Å². The van der Waals surface area contributed by atoms with Crippen molar-refractivity contribution in [1.29, 1.82) is 0 Å². The van der Waals surface area contributed by atoms with Gasteiger partial charge in [-0.25, -0.2) is 13.4 Å². The molecule has 11 nitrogen and oxygen atoms in total. The van der Waals surface area contributed by atoms with Gasteiger partial charge >= 0.3 is 0 Å². The second kappa shape index (κ2) is 13.0. The lowest BCUT2D eigenvalue weighted by molar-refractivity contribution is -0.136. The standard InChI is InChI=1S/C26H35N5O6S/c1-4-23(32)24(33)7-5-6-21(28-26(35)22-17-27-18-30(22)3)25(34)16-19-8-10-20(11-9-19)38(36,37)31-14-12-29(2)13-15-31/h8-11,17-18,21H,4-7,12-16H2,1-3H3,(H,28,35)/t21-/m0/s1. The van der Waals surface area contributed by atoms with Crippen LogP contribution in [0.3, 0.4) is 0 Å². The third-order valence-corrected chi connectivity index (χ3v) is 8.59. The first kappa shape index (κ1) is 29.3. The van der Waals surface area contributed by atoms with Crippen LogP contribution < -0.4 is 5.32 Å². The van der Waals surface area contributed by atoms with Gasteiger partial charge < -0.3 is 14.8 Å². The van der Waals surface area contributed by atoms with Gasteiger partial charge in [-0.2, -0.15) is 4.31 Å².